The second-order valence-electron chi connectivity index (χ2n) is 4.86. The van der Waals surface area contributed by atoms with Crippen molar-refractivity contribution >= 4 is 0 Å². The normalized spacial score (nSPS) is 39.5. The van der Waals surface area contributed by atoms with Crippen molar-refractivity contribution in [2.45, 2.75) is 31.3 Å². The second-order valence-corrected chi connectivity index (χ2v) is 4.86. The first-order valence-electron chi connectivity index (χ1n) is 5.55. The van der Waals surface area contributed by atoms with Crippen molar-refractivity contribution < 1.29 is 5.11 Å². The van der Waals surface area contributed by atoms with Crippen LogP contribution in [0.4, 0.5) is 0 Å². The summed E-state index contributed by atoms with van der Waals surface area (Å²) in [5.74, 6) is 1.16. The lowest BCUT2D eigenvalue weighted by atomic mass is 9.92. The van der Waals surface area contributed by atoms with Gasteiger partial charge in [0.1, 0.15) is 0 Å². The molecule has 2 aliphatic carbocycles. The van der Waals surface area contributed by atoms with E-state index in [0.29, 0.717) is 11.8 Å². The summed E-state index contributed by atoms with van der Waals surface area (Å²) < 4.78 is 0. The average molecular weight is 188 g/mol. The smallest absolute Gasteiger partial charge is 0.0711 e. The summed E-state index contributed by atoms with van der Waals surface area (Å²) in [7, 11) is 0. The van der Waals surface area contributed by atoms with Gasteiger partial charge in [0, 0.05) is 0 Å². The molecule has 1 nitrogen and oxygen atoms in total. The third-order valence-corrected chi connectivity index (χ3v) is 4.02. The van der Waals surface area contributed by atoms with Gasteiger partial charge in [-0.2, -0.15) is 0 Å². The van der Waals surface area contributed by atoms with Crippen LogP contribution in [0.1, 0.15) is 24.8 Å². The first-order chi connectivity index (χ1) is 6.79. The van der Waals surface area contributed by atoms with Crippen molar-refractivity contribution in [2.75, 3.05) is 0 Å². The van der Waals surface area contributed by atoms with Crippen LogP contribution in [0.3, 0.4) is 0 Å². The zero-order chi connectivity index (χ0) is 9.60. The molecule has 0 bridgehead atoms. The fourth-order valence-electron chi connectivity index (χ4n) is 3.02. The van der Waals surface area contributed by atoms with Gasteiger partial charge in [-0.1, -0.05) is 30.3 Å². The highest BCUT2D eigenvalue weighted by Crippen LogP contribution is 2.59. The van der Waals surface area contributed by atoms with Crippen LogP contribution < -0.4 is 0 Å². The van der Waals surface area contributed by atoms with Crippen molar-refractivity contribution in [1.82, 2.24) is 0 Å². The average Bonchev–Trinajstić information content (AvgIpc) is 2.79. The zero-order valence-electron chi connectivity index (χ0n) is 8.32. The van der Waals surface area contributed by atoms with Gasteiger partial charge in [-0.3, -0.25) is 0 Å². The summed E-state index contributed by atoms with van der Waals surface area (Å²) in [5.41, 5.74) is 1.11. The first kappa shape index (κ1) is 8.49. The molecule has 74 valence electrons. The predicted octanol–water partition coefficient (Wildman–Crippen LogP) is 2.39. The Bertz CT molecular complexity index is 330. The maximum atomic E-state index is 10.2. The highest BCUT2D eigenvalue weighted by molar-refractivity contribution is 5.20. The molecule has 2 fully saturated rings. The Hall–Kier alpha value is -0.820. The van der Waals surface area contributed by atoms with Crippen molar-refractivity contribution in [3.8, 4) is 0 Å². The molecule has 0 aromatic heterocycles. The summed E-state index contributed by atoms with van der Waals surface area (Å²) in [6.07, 6.45) is 4.59. The Balaban J connectivity index is 1.74. The van der Waals surface area contributed by atoms with Crippen LogP contribution in [0.5, 0.6) is 0 Å². The molecule has 1 aromatic carbocycles. The molecule has 14 heavy (non-hydrogen) atoms. The van der Waals surface area contributed by atoms with Crippen molar-refractivity contribution in [3.63, 3.8) is 0 Å². The van der Waals surface area contributed by atoms with Gasteiger partial charge in [-0.25, -0.2) is 0 Å². The lowest BCUT2D eigenvalue weighted by Gasteiger charge is -2.17. The highest BCUT2D eigenvalue weighted by Gasteiger charge is 2.61. The molecule has 0 spiro atoms. The molecule has 3 rings (SSSR count). The molecular weight excluding hydrogens is 172 g/mol. The van der Waals surface area contributed by atoms with E-state index in [1.54, 1.807) is 0 Å². The van der Waals surface area contributed by atoms with E-state index in [9.17, 15) is 5.11 Å². The summed E-state index contributed by atoms with van der Waals surface area (Å²) in [4.78, 5) is 0. The first-order valence-corrected chi connectivity index (χ1v) is 5.55. The van der Waals surface area contributed by atoms with Gasteiger partial charge in [0.15, 0.2) is 0 Å². The van der Waals surface area contributed by atoms with E-state index in [4.69, 9.17) is 0 Å². The quantitative estimate of drug-likeness (QED) is 0.755. The number of fused-ring (bicyclic) bond motifs is 1. The van der Waals surface area contributed by atoms with Crippen LogP contribution in [0.25, 0.3) is 0 Å². The number of aliphatic hydroxyl groups is 1. The minimum absolute atomic E-state index is 0.268. The van der Waals surface area contributed by atoms with Gasteiger partial charge < -0.3 is 5.11 Å². The summed E-state index contributed by atoms with van der Waals surface area (Å²) in [6.45, 7) is 0. The van der Waals surface area contributed by atoms with Crippen LogP contribution in [0.2, 0.25) is 0 Å². The van der Waals surface area contributed by atoms with Crippen molar-refractivity contribution in [2.24, 2.45) is 11.8 Å². The molecular formula is C13H16O. The number of rotatable bonds is 2. The van der Waals surface area contributed by atoms with Crippen LogP contribution in [0, 0.1) is 11.8 Å². The van der Waals surface area contributed by atoms with Crippen LogP contribution in [-0.2, 0) is 6.42 Å². The number of hydrogen-bond acceptors (Lipinski definition) is 1. The van der Waals surface area contributed by atoms with E-state index >= 15 is 0 Å². The SMILES string of the molecule is O[C@@]12CC1CC[C@H]2Cc1ccccc1. The minimum Gasteiger partial charge on any atom is -0.389 e. The number of benzene rings is 1. The predicted molar refractivity (Wildman–Crippen MR) is 55.9 cm³/mol. The molecule has 2 aliphatic rings. The van der Waals surface area contributed by atoms with Crippen molar-refractivity contribution in [3.05, 3.63) is 35.9 Å². The summed E-state index contributed by atoms with van der Waals surface area (Å²) in [5, 5.41) is 10.2. The molecule has 1 N–H and O–H groups in total. The lowest BCUT2D eigenvalue weighted by molar-refractivity contribution is 0.0891. The molecule has 0 amide bonds. The van der Waals surface area contributed by atoms with E-state index in [1.165, 1.54) is 18.4 Å². The van der Waals surface area contributed by atoms with Gasteiger partial charge in [0.25, 0.3) is 0 Å². The Labute approximate surface area is 84.8 Å². The Morgan fingerprint density at radius 3 is 2.57 bits per heavy atom. The largest absolute Gasteiger partial charge is 0.389 e. The molecule has 1 aromatic rings. The highest BCUT2D eigenvalue weighted by atomic mass is 16.3. The van der Waals surface area contributed by atoms with E-state index < -0.39 is 0 Å². The fourth-order valence-corrected chi connectivity index (χ4v) is 3.02. The maximum Gasteiger partial charge on any atom is 0.0711 e. The van der Waals surface area contributed by atoms with Crippen molar-refractivity contribution in [1.29, 1.82) is 0 Å². The lowest BCUT2D eigenvalue weighted by Crippen LogP contribution is -2.21. The van der Waals surface area contributed by atoms with E-state index in [-0.39, 0.29) is 5.60 Å². The summed E-state index contributed by atoms with van der Waals surface area (Å²) >= 11 is 0. The van der Waals surface area contributed by atoms with Gasteiger partial charge >= 0.3 is 0 Å². The Morgan fingerprint density at radius 1 is 1.21 bits per heavy atom. The van der Waals surface area contributed by atoms with E-state index in [0.717, 1.165) is 12.8 Å². The third-order valence-electron chi connectivity index (χ3n) is 4.02. The maximum absolute atomic E-state index is 10.2. The van der Waals surface area contributed by atoms with Crippen LogP contribution >= 0.6 is 0 Å². The van der Waals surface area contributed by atoms with Gasteiger partial charge in [0.2, 0.25) is 0 Å². The van der Waals surface area contributed by atoms with Crippen LogP contribution in [0.15, 0.2) is 30.3 Å². The third kappa shape index (κ3) is 1.19. The molecule has 0 heterocycles. The van der Waals surface area contributed by atoms with E-state index in [1.807, 2.05) is 6.07 Å². The van der Waals surface area contributed by atoms with Gasteiger partial charge in [0.05, 0.1) is 5.60 Å². The monoisotopic (exact) mass is 188 g/mol. The standard InChI is InChI=1S/C13H16O/c14-13-9-12(13)7-6-11(13)8-10-4-2-1-3-5-10/h1-5,11-12,14H,6-9H2/t11-,12?,13+/m0/s1. The zero-order valence-corrected chi connectivity index (χ0v) is 8.32. The van der Waals surface area contributed by atoms with E-state index in [2.05, 4.69) is 24.3 Å². The molecule has 1 heteroatoms. The molecule has 1 unspecified atom stereocenters. The Morgan fingerprint density at radius 2 is 2.00 bits per heavy atom. The topological polar surface area (TPSA) is 20.2 Å². The van der Waals surface area contributed by atoms with Gasteiger partial charge in [-0.05, 0) is 43.1 Å². The minimum atomic E-state index is -0.268. The summed E-state index contributed by atoms with van der Waals surface area (Å²) in [6, 6.07) is 10.5. The number of hydrogen-bond donors (Lipinski definition) is 1. The van der Waals surface area contributed by atoms with Gasteiger partial charge in [-0.15, -0.1) is 0 Å². The molecule has 0 radical (unpaired) electrons. The van der Waals surface area contributed by atoms with Crippen LogP contribution in [-0.4, -0.2) is 10.7 Å². The fraction of sp³-hybridized carbons (Fsp3) is 0.538. The molecule has 0 saturated heterocycles. The molecule has 2 saturated carbocycles. The molecule has 3 atom stereocenters. The molecule has 0 aliphatic heterocycles. The second kappa shape index (κ2) is 2.83. The Kier molecular flexibility index (Phi) is 1.72.